The first-order valence-electron chi connectivity index (χ1n) is 7.84. The standard InChI is InChI=1S/C19H25NO2S/c1-14(2)18-10-8-17(9-11-18)13-20(5)23(21,22)19-12-15(3)6-7-16(19)4/h6-12,14H,13H2,1-5H3. The summed E-state index contributed by atoms with van der Waals surface area (Å²) in [7, 11) is -1.85. The molecule has 0 aromatic heterocycles. The van der Waals surface area contributed by atoms with Gasteiger partial charge in [0.1, 0.15) is 0 Å². The average molecular weight is 331 g/mol. The summed E-state index contributed by atoms with van der Waals surface area (Å²) in [6, 6.07) is 13.7. The Morgan fingerprint density at radius 1 is 1.00 bits per heavy atom. The Hall–Kier alpha value is -1.65. The molecule has 4 heteroatoms. The van der Waals surface area contributed by atoms with E-state index in [9.17, 15) is 8.42 Å². The Morgan fingerprint density at radius 2 is 1.61 bits per heavy atom. The first kappa shape index (κ1) is 17.7. The van der Waals surface area contributed by atoms with Gasteiger partial charge in [-0.3, -0.25) is 0 Å². The molecule has 0 radical (unpaired) electrons. The van der Waals surface area contributed by atoms with Crippen LogP contribution in [0.1, 0.15) is 42.0 Å². The van der Waals surface area contributed by atoms with Crippen molar-refractivity contribution in [3.63, 3.8) is 0 Å². The molecule has 0 heterocycles. The summed E-state index contributed by atoms with van der Waals surface area (Å²) in [4.78, 5) is 0.388. The molecule has 3 nitrogen and oxygen atoms in total. The topological polar surface area (TPSA) is 37.4 Å². The fourth-order valence-electron chi connectivity index (χ4n) is 2.50. The summed E-state index contributed by atoms with van der Waals surface area (Å²) in [6.45, 7) is 8.40. The Labute approximate surface area is 140 Å². The lowest BCUT2D eigenvalue weighted by molar-refractivity contribution is 0.466. The second-order valence-electron chi connectivity index (χ2n) is 6.43. The van der Waals surface area contributed by atoms with Crippen LogP contribution in [0.4, 0.5) is 0 Å². The first-order valence-corrected chi connectivity index (χ1v) is 9.28. The predicted octanol–water partition coefficient (Wildman–Crippen LogP) is 4.25. The van der Waals surface area contributed by atoms with E-state index in [2.05, 4.69) is 26.0 Å². The highest BCUT2D eigenvalue weighted by atomic mass is 32.2. The first-order chi connectivity index (χ1) is 10.7. The van der Waals surface area contributed by atoms with Gasteiger partial charge in [0.15, 0.2) is 0 Å². The van der Waals surface area contributed by atoms with Crippen molar-refractivity contribution < 1.29 is 8.42 Å². The Balaban J connectivity index is 2.25. The maximum absolute atomic E-state index is 12.8. The fraction of sp³-hybridized carbons (Fsp3) is 0.368. The van der Waals surface area contributed by atoms with Crippen LogP contribution in [0.15, 0.2) is 47.4 Å². The molecule has 0 spiro atoms. The summed E-state index contributed by atoms with van der Waals surface area (Å²) >= 11 is 0. The van der Waals surface area contributed by atoms with Crippen molar-refractivity contribution in [2.24, 2.45) is 0 Å². The van der Waals surface area contributed by atoms with Gasteiger partial charge in [-0.15, -0.1) is 0 Å². The van der Waals surface area contributed by atoms with E-state index in [1.165, 1.54) is 9.87 Å². The Morgan fingerprint density at radius 3 is 2.17 bits per heavy atom. The van der Waals surface area contributed by atoms with Crippen LogP contribution < -0.4 is 0 Å². The Kier molecular flexibility index (Phi) is 5.27. The molecule has 0 bridgehead atoms. The number of hydrogen-bond donors (Lipinski definition) is 0. The highest BCUT2D eigenvalue weighted by Gasteiger charge is 2.23. The molecule has 0 saturated carbocycles. The van der Waals surface area contributed by atoms with Gasteiger partial charge >= 0.3 is 0 Å². The predicted molar refractivity (Wildman–Crippen MR) is 95.1 cm³/mol. The summed E-state index contributed by atoms with van der Waals surface area (Å²) in [5.74, 6) is 0.473. The molecular weight excluding hydrogens is 306 g/mol. The molecule has 0 aliphatic rings. The fourth-order valence-corrected chi connectivity index (χ4v) is 3.97. The van der Waals surface area contributed by atoms with Crippen molar-refractivity contribution in [3.05, 3.63) is 64.7 Å². The zero-order chi connectivity index (χ0) is 17.2. The molecule has 0 saturated heterocycles. The average Bonchev–Trinajstić information content (AvgIpc) is 2.50. The lowest BCUT2D eigenvalue weighted by Gasteiger charge is -2.19. The highest BCUT2D eigenvalue weighted by Crippen LogP contribution is 2.22. The van der Waals surface area contributed by atoms with E-state index in [4.69, 9.17) is 0 Å². The van der Waals surface area contributed by atoms with Crippen LogP contribution in [-0.2, 0) is 16.6 Å². The molecule has 23 heavy (non-hydrogen) atoms. The number of benzene rings is 2. The third kappa shape index (κ3) is 4.01. The van der Waals surface area contributed by atoms with Crippen molar-refractivity contribution >= 4 is 10.0 Å². The molecule has 2 aromatic rings. The van der Waals surface area contributed by atoms with E-state index in [0.29, 0.717) is 17.4 Å². The quantitative estimate of drug-likeness (QED) is 0.821. The number of nitrogens with zero attached hydrogens (tertiary/aromatic N) is 1. The molecule has 0 fully saturated rings. The lowest BCUT2D eigenvalue weighted by Crippen LogP contribution is -2.27. The van der Waals surface area contributed by atoms with Gasteiger partial charge in [-0.2, -0.15) is 4.31 Å². The van der Waals surface area contributed by atoms with Crippen molar-refractivity contribution in [1.82, 2.24) is 4.31 Å². The van der Waals surface area contributed by atoms with Gasteiger partial charge in [-0.25, -0.2) is 8.42 Å². The van der Waals surface area contributed by atoms with E-state index >= 15 is 0 Å². The van der Waals surface area contributed by atoms with Crippen LogP contribution in [0.3, 0.4) is 0 Å². The summed E-state index contributed by atoms with van der Waals surface area (Å²) in [5.41, 5.74) is 3.97. The lowest BCUT2D eigenvalue weighted by atomic mass is 10.0. The van der Waals surface area contributed by atoms with Gasteiger partial charge in [0.05, 0.1) is 4.90 Å². The number of sulfonamides is 1. The molecule has 0 aliphatic heterocycles. The maximum Gasteiger partial charge on any atom is 0.243 e. The Bertz CT molecular complexity index is 778. The van der Waals surface area contributed by atoms with Crippen molar-refractivity contribution in [2.75, 3.05) is 7.05 Å². The minimum atomic E-state index is -3.48. The molecule has 0 unspecified atom stereocenters. The van der Waals surface area contributed by atoms with Crippen LogP contribution in [0, 0.1) is 13.8 Å². The molecule has 124 valence electrons. The normalized spacial score (nSPS) is 12.1. The van der Waals surface area contributed by atoms with E-state index < -0.39 is 10.0 Å². The van der Waals surface area contributed by atoms with Gasteiger partial charge in [0.2, 0.25) is 10.0 Å². The molecule has 2 rings (SSSR count). The minimum absolute atomic E-state index is 0.369. The van der Waals surface area contributed by atoms with Gasteiger partial charge in [0, 0.05) is 13.6 Å². The van der Waals surface area contributed by atoms with E-state index in [1.807, 2.05) is 38.1 Å². The largest absolute Gasteiger partial charge is 0.243 e. The minimum Gasteiger partial charge on any atom is -0.207 e. The zero-order valence-electron chi connectivity index (χ0n) is 14.5. The molecule has 0 aliphatic carbocycles. The van der Waals surface area contributed by atoms with Crippen LogP contribution in [0.2, 0.25) is 0 Å². The smallest absolute Gasteiger partial charge is 0.207 e. The molecule has 2 aromatic carbocycles. The summed E-state index contributed by atoms with van der Waals surface area (Å²) in [5, 5.41) is 0. The molecule has 0 atom stereocenters. The van der Waals surface area contributed by atoms with E-state index in [0.717, 1.165) is 16.7 Å². The van der Waals surface area contributed by atoms with Crippen molar-refractivity contribution in [2.45, 2.75) is 45.1 Å². The van der Waals surface area contributed by atoms with Crippen molar-refractivity contribution in [1.29, 1.82) is 0 Å². The van der Waals surface area contributed by atoms with Gasteiger partial charge in [-0.1, -0.05) is 50.2 Å². The second kappa shape index (κ2) is 6.85. The van der Waals surface area contributed by atoms with Crippen molar-refractivity contribution in [3.8, 4) is 0 Å². The third-order valence-corrected chi connectivity index (χ3v) is 6.03. The SMILES string of the molecule is Cc1ccc(C)c(S(=O)(=O)N(C)Cc2ccc(C(C)C)cc2)c1. The van der Waals surface area contributed by atoms with E-state index in [-0.39, 0.29) is 0 Å². The van der Waals surface area contributed by atoms with Gasteiger partial charge in [-0.05, 0) is 48.1 Å². The highest BCUT2D eigenvalue weighted by molar-refractivity contribution is 7.89. The second-order valence-corrected chi connectivity index (χ2v) is 8.44. The zero-order valence-corrected chi connectivity index (χ0v) is 15.3. The number of aryl methyl sites for hydroxylation is 2. The summed E-state index contributed by atoms with van der Waals surface area (Å²) < 4.78 is 27.0. The third-order valence-electron chi connectivity index (χ3n) is 4.08. The maximum atomic E-state index is 12.8. The van der Waals surface area contributed by atoms with Crippen LogP contribution >= 0.6 is 0 Å². The van der Waals surface area contributed by atoms with Gasteiger partial charge in [0.25, 0.3) is 0 Å². The van der Waals surface area contributed by atoms with Gasteiger partial charge < -0.3 is 0 Å². The summed E-state index contributed by atoms with van der Waals surface area (Å²) in [6.07, 6.45) is 0. The van der Waals surface area contributed by atoms with Crippen LogP contribution in [0.5, 0.6) is 0 Å². The molecule has 0 N–H and O–H groups in total. The molecule has 0 amide bonds. The monoisotopic (exact) mass is 331 g/mol. The number of hydrogen-bond acceptors (Lipinski definition) is 2. The number of rotatable bonds is 5. The van der Waals surface area contributed by atoms with Crippen LogP contribution in [0.25, 0.3) is 0 Å². The van der Waals surface area contributed by atoms with Crippen LogP contribution in [-0.4, -0.2) is 19.8 Å². The molecular formula is C19H25NO2S. The van der Waals surface area contributed by atoms with E-state index in [1.54, 1.807) is 13.1 Å².